The molecule has 0 bridgehead atoms. The van der Waals surface area contributed by atoms with Gasteiger partial charge >= 0.3 is 0 Å². The lowest BCUT2D eigenvalue weighted by atomic mass is 10.5. The second-order valence-electron chi connectivity index (χ2n) is 4.58. The van der Waals surface area contributed by atoms with Crippen LogP contribution in [0.2, 0.25) is 0 Å². The van der Waals surface area contributed by atoms with Crippen LogP contribution in [0.4, 0.5) is 11.8 Å². The first-order valence-electron chi connectivity index (χ1n) is 6.22. The topological polar surface area (TPSA) is 139 Å². The van der Waals surface area contributed by atoms with Crippen LogP contribution in [-0.2, 0) is 0 Å². The Morgan fingerprint density at radius 3 is 2.27 bits per heavy atom. The number of thiol groups is 1. The Hall–Kier alpha value is -2.95. The third kappa shape index (κ3) is 1.69. The standard InChI is InChI=1S/C11H10N10S/c1-4-16-7(12)5-8(17-4)20(2-14-5)21-3-15-6-9(21)18-11(13)19-10(6)22/h2-3H,1H3,(H2,12,16,17)(H3,13,18,19,22). The number of nitrogens with zero attached hydrogens (tertiary/aromatic N) is 8. The molecule has 0 saturated carbocycles. The molecule has 0 aliphatic heterocycles. The van der Waals surface area contributed by atoms with Gasteiger partial charge in [-0.25, -0.2) is 34.3 Å². The number of hydrogen-bond donors (Lipinski definition) is 3. The summed E-state index contributed by atoms with van der Waals surface area (Å²) in [6.07, 6.45) is 3.13. The maximum Gasteiger partial charge on any atom is 0.223 e. The fourth-order valence-corrected chi connectivity index (χ4v) is 2.49. The van der Waals surface area contributed by atoms with Gasteiger partial charge in [0.25, 0.3) is 0 Å². The molecule has 0 amide bonds. The molecule has 4 aromatic rings. The van der Waals surface area contributed by atoms with E-state index in [0.29, 0.717) is 39.0 Å². The molecule has 22 heavy (non-hydrogen) atoms. The monoisotopic (exact) mass is 314 g/mol. The van der Waals surface area contributed by atoms with Crippen LogP contribution in [0.3, 0.4) is 0 Å². The number of rotatable bonds is 1. The van der Waals surface area contributed by atoms with Crippen molar-refractivity contribution in [2.45, 2.75) is 11.9 Å². The average Bonchev–Trinajstić information content (AvgIpc) is 3.02. The third-order valence-electron chi connectivity index (χ3n) is 3.13. The second kappa shape index (κ2) is 4.27. The Morgan fingerprint density at radius 1 is 0.909 bits per heavy atom. The highest BCUT2D eigenvalue weighted by atomic mass is 32.1. The first-order valence-corrected chi connectivity index (χ1v) is 6.66. The summed E-state index contributed by atoms with van der Waals surface area (Å²) in [7, 11) is 0. The van der Waals surface area contributed by atoms with Gasteiger partial charge in [0, 0.05) is 0 Å². The highest BCUT2D eigenvalue weighted by Crippen LogP contribution is 2.21. The molecular formula is C11H10N10S. The van der Waals surface area contributed by atoms with Gasteiger partial charge in [0.15, 0.2) is 22.6 Å². The van der Waals surface area contributed by atoms with Crippen molar-refractivity contribution >= 4 is 46.7 Å². The van der Waals surface area contributed by atoms with Crippen LogP contribution in [0, 0.1) is 6.92 Å². The quantitative estimate of drug-likeness (QED) is 0.330. The molecule has 4 aromatic heterocycles. The van der Waals surface area contributed by atoms with E-state index in [-0.39, 0.29) is 5.95 Å². The predicted octanol–water partition coefficient (Wildman–Crippen LogP) is 0.0389. The average molecular weight is 314 g/mol. The van der Waals surface area contributed by atoms with Crippen molar-refractivity contribution < 1.29 is 0 Å². The van der Waals surface area contributed by atoms with Crippen LogP contribution in [0.15, 0.2) is 17.7 Å². The molecule has 0 aliphatic rings. The molecule has 0 aromatic carbocycles. The van der Waals surface area contributed by atoms with Crippen molar-refractivity contribution in [1.82, 2.24) is 39.3 Å². The lowest BCUT2D eigenvalue weighted by Gasteiger charge is -2.06. The van der Waals surface area contributed by atoms with Gasteiger partial charge in [0.2, 0.25) is 5.95 Å². The molecule has 110 valence electrons. The Kier molecular flexibility index (Phi) is 2.48. The summed E-state index contributed by atoms with van der Waals surface area (Å²) >= 11 is 4.26. The predicted molar refractivity (Wildman–Crippen MR) is 82.3 cm³/mol. The maximum absolute atomic E-state index is 5.87. The SMILES string of the molecule is Cc1nc(N)c2ncn(-n3cnc4c(S)nc(N)nc43)c2n1. The van der Waals surface area contributed by atoms with Gasteiger partial charge in [0.05, 0.1) is 0 Å². The fraction of sp³-hybridized carbons (Fsp3) is 0.0909. The molecule has 0 radical (unpaired) electrons. The molecule has 0 fully saturated rings. The van der Waals surface area contributed by atoms with Gasteiger partial charge in [-0.3, -0.25) is 0 Å². The summed E-state index contributed by atoms with van der Waals surface area (Å²) in [5.74, 6) is 0.962. The summed E-state index contributed by atoms with van der Waals surface area (Å²) in [6, 6.07) is 0. The van der Waals surface area contributed by atoms with Crippen LogP contribution in [0.25, 0.3) is 22.3 Å². The maximum atomic E-state index is 5.87. The highest BCUT2D eigenvalue weighted by molar-refractivity contribution is 7.80. The van der Waals surface area contributed by atoms with Crippen molar-refractivity contribution in [2.24, 2.45) is 0 Å². The van der Waals surface area contributed by atoms with Crippen LogP contribution >= 0.6 is 12.6 Å². The van der Waals surface area contributed by atoms with Gasteiger partial charge in [-0.2, -0.15) is 4.98 Å². The number of hydrogen-bond acceptors (Lipinski definition) is 9. The van der Waals surface area contributed by atoms with Crippen molar-refractivity contribution in [1.29, 1.82) is 0 Å². The smallest absolute Gasteiger partial charge is 0.223 e. The van der Waals surface area contributed by atoms with E-state index in [0.717, 1.165) is 0 Å². The molecule has 4 rings (SSSR count). The zero-order chi connectivity index (χ0) is 15.4. The van der Waals surface area contributed by atoms with E-state index < -0.39 is 0 Å². The number of aryl methyl sites for hydroxylation is 1. The lowest BCUT2D eigenvalue weighted by molar-refractivity contribution is 0.686. The van der Waals surface area contributed by atoms with E-state index in [2.05, 4.69) is 42.5 Å². The number of nitrogens with two attached hydrogens (primary N) is 2. The summed E-state index contributed by atoms with van der Waals surface area (Å²) in [6.45, 7) is 1.76. The fourth-order valence-electron chi connectivity index (χ4n) is 2.23. The van der Waals surface area contributed by atoms with Crippen molar-refractivity contribution in [3.8, 4) is 0 Å². The van der Waals surface area contributed by atoms with Crippen LogP contribution in [0.5, 0.6) is 0 Å². The first-order chi connectivity index (χ1) is 10.5. The highest BCUT2D eigenvalue weighted by Gasteiger charge is 2.15. The third-order valence-corrected chi connectivity index (χ3v) is 3.44. The van der Waals surface area contributed by atoms with Gasteiger partial charge in [-0.05, 0) is 6.92 Å². The van der Waals surface area contributed by atoms with Crippen LogP contribution < -0.4 is 11.5 Å². The molecular weight excluding hydrogens is 304 g/mol. The number of anilines is 2. The van der Waals surface area contributed by atoms with E-state index in [4.69, 9.17) is 11.5 Å². The minimum Gasteiger partial charge on any atom is -0.382 e. The van der Waals surface area contributed by atoms with Crippen LogP contribution in [-0.4, -0.2) is 39.3 Å². The molecule has 4 N–H and O–H groups in total. The Balaban J connectivity index is 2.08. The Labute approximate surface area is 128 Å². The molecule has 0 saturated heterocycles. The van der Waals surface area contributed by atoms with Crippen molar-refractivity contribution in [3.05, 3.63) is 18.5 Å². The summed E-state index contributed by atoms with van der Waals surface area (Å²) in [5, 5.41) is 0.399. The number of nitrogen functional groups attached to an aromatic ring is 2. The molecule has 0 atom stereocenters. The normalized spacial score (nSPS) is 11.5. The van der Waals surface area contributed by atoms with E-state index in [1.807, 2.05) is 0 Å². The molecule has 0 spiro atoms. The van der Waals surface area contributed by atoms with Crippen molar-refractivity contribution in [2.75, 3.05) is 11.5 Å². The number of aromatic nitrogens is 8. The van der Waals surface area contributed by atoms with Gasteiger partial charge in [0.1, 0.15) is 29.0 Å². The molecule has 10 nitrogen and oxygen atoms in total. The van der Waals surface area contributed by atoms with E-state index in [1.54, 1.807) is 28.9 Å². The summed E-state index contributed by atoms with van der Waals surface area (Å²) in [5.41, 5.74) is 13.6. The molecule has 4 heterocycles. The Bertz CT molecular complexity index is 948. The van der Waals surface area contributed by atoms with Gasteiger partial charge in [-0.15, -0.1) is 12.6 Å². The van der Waals surface area contributed by atoms with Crippen molar-refractivity contribution in [3.63, 3.8) is 0 Å². The molecule has 0 unspecified atom stereocenters. The zero-order valence-corrected chi connectivity index (χ0v) is 12.2. The van der Waals surface area contributed by atoms with Crippen LogP contribution in [0.1, 0.15) is 5.82 Å². The van der Waals surface area contributed by atoms with E-state index in [1.165, 1.54) is 0 Å². The summed E-state index contributed by atoms with van der Waals surface area (Å²) < 4.78 is 3.31. The summed E-state index contributed by atoms with van der Waals surface area (Å²) in [4.78, 5) is 25.1. The van der Waals surface area contributed by atoms with E-state index in [9.17, 15) is 0 Å². The van der Waals surface area contributed by atoms with Gasteiger partial charge in [-0.1, -0.05) is 0 Å². The zero-order valence-electron chi connectivity index (χ0n) is 11.3. The minimum atomic E-state index is 0.106. The Morgan fingerprint density at radius 2 is 1.55 bits per heavy atom. The number of fused-ring (bicyclic) bond motifs is 2. The first kappa shape index (κ1) is 12.8. The lowest BCUT2D eigenvalue weighted by Crippen LogP contribution is -2.10. The molecule has 11 heteroatoms. The minimum absolute atomic E-state index is 0.106. The number of imidazole rings is 2. The van der Waals surface area contributed by atoms with E-state index >= 15 is 0 Å². The molecule has 0 aliphatic carbocycles. The second-order valence-corrected chi connectivity index (χ2v) is 5.01. The van der Waals surface area contributed by atoms with Gasteiger partial charge < -0.3 is 11.5 Å². The largest absolute Gasteiger partial charge is 0.382 e.